The van der Waals surface area contributed by atoms with Crippen LogP contribution in [0.2, 0.25) is 0 Å². The maximum atomic E-state index is 12.3. The fraction of sp³-hybridized carbons (Fsp3) is 0.625. The van der Waals surface area contributed by atoms with E-state index in [4.69, 9.17) is 4.74 Å². The zero-order chi connectivity index (χ0) is 15.0. The predicted octanol–water partition coefficient (Wildman–Crippen LogP) is 2.57. The Balaban J connectivity index is 2.55. The van der Waals surface area contributed by atoms with E-state index in [-0.39, 0.29) is 6.04 Å². The Morgan fingerprint density at radius 1 is 1.25 bits per heavy atom. The summed E-state index contributed by atoms with van der Waals surface area (Å²) in [6, 6.07) is 6.56. The molecule has 0 bridgehead atoms. The second-order valence-electron chi connectivity index (χ2n) is 5.35. The molecule has 1 N–H and O–H groups in total. The zero-order valence-electron chi connectivity index (χ0n) is 13.1. The van der Waals surface area contributed by atoms with Crippen LogP contribution >= 0.6 is 0 Å². The lowest BCUT2D eigenvalue weighted by Gasteiger charge is -2.17. The van der Waals surface area contributed by atoms with Crippen molar-refractivity contribution in [1.82, 2.24) is 5.32 Å². The molecule has 0 saturated heterocycles. The first-order chi connectivity index (χ1) is 9.55. The Morgan fingerprint density at radius 2 is 1.90 bits per heavy atom. The topological polar surface area (TPSA) is 38.3 Å². The van der Waals surface area contributed by atoms with Gasteiger partial charge in [-0.3, -0.25) is 4.21 Å². The van der Waals surface area contributed by atoms with E-state index < -0.39 is 10.8 Å². The fourth-order valence-corrected chi connectivity index (χ4v) is 3.66. The van der Waals surface area contributed by atoms with E-state index in [0.717, 1.165) is 18.5 Å². The van der Waals surface area contributed by atoms with Gasteiger partial charge < -0.3 is 10.1 Å². The molecule has 1 aromatic rings. The molecule has 2 unspecified atom stereocenters. The molecule has 0 saturated carbocycles. The van der Waals surface area contributed by atoms with E-state index >= 15 is 0 Å². The van der Waals surface area contributed by atoms with Crippen molar-refractivity contribution >= 4 is 10.8 Å². The first kappa shape index (κ1) is 17.3. The highest BCUT2D eigenvalue weighted by molar-refractivity contribution is 7.84. The maximum absolute atomic E-state index is 12.3. The lowest BCUT2D eigenvalue weighted by molar-refractivity contribution is 0.173. The molecule has 4 heteroatoms. The summed E-state index contributed by atoms with van der Waals surface area (Å²) in [6.45, 7) is 7.84. The lowest BCUT2D eigenvalue weighted by atomic mass is 10.1. The predicted molar refractivity (Wildman–Crippen MR) is 86.6 cm³/mol. The Kier molecular flexibility index (Phi) is 8.04. The van der Waals surface area contributed by atoms with Crippen LogP contribution in [-0.2, 0) is 21.3 Å². The van der Waals surface area contributed by atoms with Crippen LogP contribution in [0.15, 0.2) is 18.2 Å². The summed E-state index contributed by atoms with van der Waals surface area (Å²) in [6.07, 6.45) is 1.07. The second kappa shape index (κ2) is 9.27. The molecule has 20 heavy (non-hydrogen) atoms. The van der Waals surface area contributed by atoms with Crippen LogP contribution in [0.4, 0.5) is 0 Å². The monoisotopic (exact) mass is 297 g/mol. The van der Waals surface area contributed by atoms with E-state index in [2.05, 4.69) is 44.3 Å². The molecule has 0 amide bonds. The van der Waals surface area contributed by atoms with Gasteiger partial charge in [-0.25, -0.2) is 0 Å². The van der Waals surface area contributed by atoms with Gasteiger partial charge in [-0.2, -0.15) is 0 Å². The molecular weight excluding hydrogens is 270 g/mol. The van der Waals surface area contributed by atoms with Crippen LogP contribution in [-0.4, -0.2) is 36.3 Å². The van der Waals surface area contributed by atoms with Gasteiger partial charge in [0.1, 0.15) is 0 Å². The summed E-state index contributed by atoms with van der Waals surface area (Å²) in [5, 5.41) is 3.39. The Bertz CT molecular complexity index is 414. The first-order valence-corrected chi connectivity index (χ1v) is 8.68. The summed E-state index contributed by atoms with van der Waals surface area (Å²) in [5.41, 5.74) is 3.62. The average molecular weight is 297 g/mol. The Hall–Kier alpha value is -0.710. The number of hydrogen-bond donors (Lipinski definition) is 1. The standard InChI is InChI=1S/C16H27NO2S/c1-5-6-17-16(10-19-4)12-20(18)11-15-8-13(2)7-14(3)9-15/h7-9,16-17H,5-6,10-12H2,1-4H3. The van der Waals surface area contributed by atoms with Crippen LogP contribution in [0.25, 0.3) is 0 Å². The highest BCUT2D eigenvalue weighted by atomic mass is 32.2. The van der Waals surface area contributed by atoms with Gasteiger partial charge in [0, 0.05) is 35.5 Å². The normalized spacial score (nSPS) is 14.2. The molecule has 2 atom stereocenters. The lowest BCUT2D eigenvalue weighted by Crippen LogP contribution is -2.38. The summed E-state index contributed by atoms with van der Waals surface area (Å²) < 4.78 is 17.5. The van der Waals surface area contributed by atoms with E-state index in [0.29, 0.717) is 18.1 Å². The quantitative estimate of drug-likeness (QED) is 0.761. The van der Waals surface area contributed by atoms with Crippen molar-refractivity contribution in [3.05, 3.63) is 34.9 Å². The number of benzene rings is 1. The summed E-state index contributed by atoms with van der Waals surface area (Å²) in [4.78, 5) is 0. The van der Waals surface area contributed by atoms with Gasteiger partial charge in [-0.1, -0.05) is 36.2 Å². The number of hydrogen-bond acceptors (Lipinski definition) is 3. The van der Waals surface area contributed by atoms with Gasteiger partial charge in [0.25, 0.3) is 0 Å². The van der Waals surface area contributed by atoms with E-state index in [9.17, 15) is 4.21 Å². The van der Waals surface area contributed by atoms with Crippen molar-refractivity contribution in [1.29, 1.82) is 0 Å². The largest absolute Gasteiger partial charge is 0.383 e. The number of ether oxygens (including phenoxy) is 1. The van der Waals surface area contributed by atoms with Crippen molar-refractivity contribution in [2.75, 3.05) is 26.0 Å². The number of nitrogens with one attached hydrogen (secondary N) is 1. The molecule has 0 heterocycles. The molecule has 1 rings (SSSR count). The molecule has 0 aromatic heterocycles. The van der Waals surface area contributed by atoms with Crippen LogP contribution in [0, 0.1) is 13.8 Å². The second-order valence-corrected chi connectivity index (χ2v) is 6.85. The van der Waals surface area contributed by atoms with Gasteiger partial charge in [0.2, 0.25) is 0 Å². The minimum absolute atomic E-state index is 0.173. The molecule has 3 nitrogen and oxygen atoms in total. The van der Waals surface area contributed by atoms with Gasteiger partial charge >= 0.3 is 0 Å². The highest BCUT2D eigenvalue weighted by Crippen LogP contribution is 2.11. The van der Waals surface area contributed by atoms with Crippen molar-refractivity contribution < 1.29 is 8.95 Å². The zero-order valence-corrected chi connectivity index (χ0v) is 13.9. The smallest absolute Gasteiger partial charge is 0.0624 e. The molecule has 0 radical (unpaired) electrons. The highest BCUT2D eigenvalue weighted by Gasteiger charge is 2.12. The molecule has 0 fully saturated rings. The minimum atomic E-state index is -0.865. The molecule has 1 aromatic carbocycles. The van der Waals surface area contributed by atoms with Crippen molar-refractivity contribution in [2.45, 2.75) is 39.0 Å². The van der Waals surface area contributed by atoms with E-state index in [1.54, 1.807) is 7.11 Å². The Labute approximate surface area is 125 Å². The Morgan fingerprint density at radius 3 is 2.45 bits per heavy atom. The first-order valence-electron chi connectivity index (χ1n) is 7.19. The van der Waals surface area contributed by atoms with Crippen LogP contribution < -0.4 is 5.32 Å². The maximum Gasteiger partial charge on any atom is 0.0624 e. The summed E-state index contributed by atoms with van der Waals surface area (Å²) >= 11 is 0. The minimum Gasteiger partial charge on any atom is -0.383 e. The van der Waals surface area contributed by atoms with Gasteiger partial charge in [-0.15, -0.1) is 0 Å². The number of methoxy groups -OCH3 is 1. The van der Waals surface area contributed by atoms with Crippen molar-refractivity contribution in [2.24, 2.45) is 0 Å². The van der Waals surface area contributed by atoms with Crippen molar-refractivity contribution in [3.8, 4) is 0 Å². The van der Waals surface area contributed by atoms with Gasteiger partial charge in [0.05, 0.1) is 6.61 Å². The third kappa shape index (κ3) is 6.64. The van der Waals surface area contributed by atoms with E-state index in [1.165, 1.54) is 11.1 Å². The molecule has 114 valence electrons. The van der Waals surface area contributed by atoms with Crippen LogP contribution in [0.1, 0.15) is 30.0 Å². The average Bonchev–Trinajstić information content (AvgIpc) is 2.34. The van der Waals surface area contributed by atoms with Crippen LogP contribution in [0.3, 0.4) is 0 Å². The number of aryl methyl sites for hydroxylation is 2. The van der Waals surface area contributed by atoms with Gasteiger partial charge in [0.15, 0.2) is 0 Å². The summed E-state index contributed by atoms with van der Waals surface area (Å²) in [7, 11) is 0.823. The fourth-order valence-electron chi connectivity index (χ4n) is 2.34. The van der Waals surface area contributed by atoms with Gasteiger partial charge in [-0.05, 0) is 32.4 Å². The molecule has 0 aliphatic rings. The third-order valence-corrected chi connectivity index (χ3v) is 4.48. The van der Waals surface area contributed by atoms with E-state index in [1.807, 2.05) is 0 Å². The molecule has 0 aliphatic heterocycles. The SMILES string of the molecule is CCCNC(COC)CS(=O)Cc1cc(C)cc(C)c1. The molecular formula is C16H27NO2S. The molecule has 0 aliphatic carbocycles. The van der Waals surface area contributed by atoms with Crippen molar-refractivity contribution in [3.63, 3.8) is 0 Å². The third-order valence-electron chi connectivity index (χ3n) is 3.05. The summed E-state index contributed by atoms with van der Waals surface area (Å²) in [5.74, 6) is 1.26. The molecule has 0 spiro atoms. The number of rotatable bonds is 9. The van der Waals surface area contributed by atoms with Crippen LogP contribution in [0.5, 0.6) is 0 Å².